The summed E-state index contributed by atoms with van der Waals surface area (Å²) in [7, 11) is 0. The van der Waals surface area contributed by atoms with Gasteiger partial charge in [0, 0.05) is 46.7 Å². The monoisotopic (exact) mass is 470 g/mol. The quantitative estimate of drug-likeness (QED) is 0.347. The van der Waals surface area contributed by atoms with Crippen LogP contribution in [-0.4, -0.2) is 27.8 Å². The minimum Gasteiger partial charge on any atom is -0.383 e. The van der Waals surface area contributed by atoms with E-state index in [4.69, 9.17) is 10.7 Å². The Kier molecular flexibility index (Phi) is 5.90. The molecule has 35 heavy (non-hydrogen) atoms. The zero-order chi connectivity index (χ0) is 24.5. The molecular weight excluding hydrogens is 444 g/mol. The van der Waals surface area contributed by atoms with Gasteiger partial charge in [-0.3, -0.25) is 20.1 Å². The molecule has 2 heterocycles. The number of nitro benzene ring substituents is 1. The third kappa shape index (κ3) is 4.98. The lowest BCUT2D eigenvalue weighted by atomic mass is 9.95. The van der Waals surface area contributed by atoms with E-state index >= 15 is 0 Å². The lowest BCUT2D eigenvalue weighted by Crippen LogP contribution is -2.19. The number of rotatable bonds is 5. The SMILES string of the molecule is CC1CCc2nc(C3CC3)cc(-c3ccc(NC(=O)Nc4ccc([N+](=O)[O-])cc4)cc3)c2C(N)=N1. The number of nitrogens with two attached hydrogens (primary N) is 1. The van der Waals surface area contributed by atoms with Crippen molar-refractivity contribution in [1.29, 1.82) is 0 Å². The van der Waals surface area contributed by atoms with Crippen LogP contribution in [0.3, 0.4) is 0 Å². The summed E-state index contributed by atoms with van der Waals surface area (Å²) in [6.07, 6.45) is 4.09. The minimum atomic E-state index is -0.485. The van der Waals surface area contributed by atoms with Crippen molar-refractivity contribution in [3.63, 3.8) is 0 Å². The van der Waals surface area contributed by atoms with Crippen LogP contribution in [0.15, 0.2) is 59.6 Å². The molecule has 0 spiro atoms. The third-order valence-corrected chi connectivity index (χ3v) is 6.31. The average molecular weight is 471 g/mol. The van der Waals surface area contributed by atoms with Gasteiger partial charge in [-0.05, 0) is 74.1 Å². The Hall–Kier alpha value is -4.27. The van der Waals surface area contributed by atoms with Gasteiger partial charge in [-0.2, -0.15) is 0 Å². The van der Waals surface area contributed by atoms with Crippen molar-refractivity contribution in [1.82, 2.24) is 4.98 Å². The summed E-state index contributed by atoms with van der Waals surface area (Å²) < 4.78 is 0. The van der Waals surface area contributed by atoms with Crippen LogP contribution in [0.5, 0.6) is 0 Å². The summed E-state index contributed by atoms with van der Waals surface area (Å²) in [5.41, 5.74) is 12.5. The predicted molar refractivity (Wildman–Crippen MR) is 136 cm³/mol. The zero-order valence-corrected chi connectivity index (χ0v) is 19.3. The second-order valence-electron chi connectivity index (χ2n) is 9.05. The fourth-order valence-electron chi connectivity index (χ4n) is 4.31. The van der Waals surface area contributed by atoms with E-state index in [9.17, 15) is 14.9 Å². The number of nitro groups is 1. The molecule has 2 amide bonds. The Morgan fingerprint density at radius 2 is 1.66 bits per heavy atom. The number of amidine groups is 1. The van der Waals surface area contributed by atoms with Crippen LogP contribution in [0.4, 0.5) is 21.9 Å². The highest BCUT2D eigenvalue weighted by atomic mass is 16.6. The number of benzene rings is 2. The molecule has 178 valence electrons. The number of non-ortho nitro benzene ring substituents is 1. The van der Waals surface area contributed by atoms with Crippen LogP contribution in [-0.2, 0) is 6.42 Å². The number of aliphatic imine (C=N–C) groups is 1. The Balaban J connectivity index is 1.37. The minimum absolute atomic E-state index is 0.0365. The van der Waals surface area contributed by atoms with Crippen molar-refractivity contribution in [3.8, 4) is 11.1 Å². The molecule has 5 rings (SSSR count). The van der Waals surface area contributed by atoms with Crippen LogP contribution >= 0.6 is 0 Å². The number of fused-ring (bicyclic) bond motifs is 1. The van der Waals surface area contributed by atoms with Crippen molar-refractivity contribution in [2.75, 3.05) is 10.6 Å². The van der Waals surface area contributed by atoms with Gasteiger partial charge >= 0.3 is 6.03 Å². The number of amides is 2. The number of carbonyl (C=O) groups excluding carboxylic acids is 1. The highest BCUT2D eigenvalue weighted by Crippen LogP contribution is 2.42. The van der Waals surface area contributed by atoms with E-state index in [0.29, 0.717) is 23.1 Å². The van der Waals surface area contributed by atoms with Crippen molar-refractivity contribution < 1.29 is 9.72 Å². The first kappa shape index (κ1) is 22.5. The van der Waals surface area contributed by atoms with Crippen LogP contribution in [0.1, 0.15) is 49.1 Å². The van der Waals surface area contributed by atoms with E-state index in [1.807, 2.05) is 24.3 Å². The van der Waals surface area contributed by atoms with Crippen LogP contribution in [0.2, 0.25) is 0 Å². The normalized spacial score (nSPS) is 17.1. The number of nitrogens with one attached hydrogen (secondary N) is 2. The maximum absolute atomic E-state index is 12.4. The first-order valence-corrected chi connectivity index (χ1v) is 11.7. The van der Waals surface area contributed by atoms with Gasteiger partial charge in [0.15, 0.2) is 0 Å². The Bertz CT molecular complexity index is 1310. The molecule has 1 aliphatic carbocycles. The maximum atomic E-state index is 12.4. The molecule has 2 aliphatic rings. The number of aromatic nitrogens is 1. The van der Waals surface area contributed by atoms with Gasteiger partial charge in [-0.25, -0.2) is 4.79 Å². The van der Waals surface area contributed by atoms with Gasteiger partial charge in [0.25, 0.3) is 5.69 Å². The number of carbonyl (C=O) groups is 1. The smallest absolute Gasteiger partial charge is 0.323 e. The van der Waals surface area contributed by atoms with Crippen LogP contribution < -0.4 is 16.4 Å². The molecule has 1 atom stereocenters. The van der Waals surface area contributed by atoms with E-state index in [1.54, 1.807) is 0 Å². The fraction of sp³-hybridized carbons (Fsp3) is 0.269. The molecule has 1 fully saturated rings. The molecule has 1 aliphatic heterocycles. The molecule has 2 aromatic carbocycles. The molecule has 0 radical (unpaired) electrons. The molecule has 1 aromatic heterocycles. The molecule has 3 aromatic rings. The van der Waals surface area contributed by atoms with Crippen molar-refractivity contribution >= 4 is 28.9 Å². The number of nitrogens with zero attached hydrogens (tertiary/aromatic N) is 3. The number of hydrogen-bond donors (Lipinski definition) is 3. The molecule has 1 saturated carbocycles. The molecule has 0 saturated heterocycles. The van der Waals surface area contributed by atoms with E-state index in [0.717, 1.165) is 53.8 Å². The molecule has 0 bridgehead atoms. The van der Waals surface area contributed by atoms with Gasteiger partial charge in [-0.15, -0.1) is 0 Å². The first-order chi connectivity index (χ1) is 16.9. The zero-order valence-electron chi connectivity index (χ0n) is 19.3. The van der Waals surface area contributed by atoms with Crippen LogP contribution in [0, 0.1) is 10.1 Å². The van der Waals surface area contributed by atoms with Gasteiger partial charge in [0.1, 0.15) is 5.84 Å². The van der Waals surface area contributed by atoms with Gasteiger partial charge in [0.2, 0.25) is 0 Å². The number of pyridine rings is 1. The van der Waals surface area contributed by atoms with Gasteiger partial charge in [0.05, 0.1) is 10.6 Å². The molecule has 4 N–H and O–H groups in total. The van der Waals surface area contributed by atoms with E-state index in [2.05, 4.69) is 28.6 Å². The Labute approximate surface area is 202 Å². The van der Waals surface area contributed by atoms with Crippen molar-refractivity contribution in [2.45, 2.75) is 44.6 Å². The summed E-state index contributed by atoms with van der Waals surface area (Å²) >= 11 is 0. The maximum Gasteiger partial charge on any atom is 0.323 e. The lowest BCUT2D eigenvalue weighted by molar-refractivity contribution is -0.384. The number of urea groups is 1. The summed E-state index contributed by atoms with van der Waals surface area (Å²) in [6.45, 7) is 2.07. The van der Waals surface area contributed by atoms with Crippen LogP contribution in [0.25, 0.3) is 11.1 Å². The van der Waals surface area contributed by atoms with Crippen molar-refractivity contribution in [3.05, 3.63) is 81.7 Å². The topological polar surface area (TPSA) is 136 Å². The summed E-state index contributed by atoms with van der Waals surface area (Å²) in [5.74, 6) is 1.04. The molecular formula is C26H26N6O3. The Morgan fingerprint density at radius 1 is 1.03 bits per heavy atom. The molecule has 9 nitrogen and oxygen atoms in total. The second-order valence-corrected chi connectivity index (χ2v) is 9.05. The highest BCUT2D eigenvalue weighted by Gasteiger charge is 2.29. The first-order valence-electron chi connectivity index (χ1n) is 11.7. The highest BCUT2D eigenvalue weighted by molar-refractivity contribution is 6.05. The van der Waals surface area contributed by atoms with Gasteiger partial charge in [-0.1, -0.05) is 12.1 Å². The van der Waals surface area contributed by atoms with E-state index < -0.39 is 11.0 Å². The lowest BCUT2D eigenvalue weighted by Gasteiger charge is -2.15. The van der Waals surface area contributed by atoms with E-state index in [1.165, 1.54) is 24.3 Å². The summed E-state index contributed by atoms with van der Waals surface area (Å²) in [5, 5.41) is 16.2. The number of hydrogen-bond acceptors (Lipinski definition) is 6. The molecule has 1 unspecified atom stereocenters. The third-order valence-electron chi connectivity index (χ3n) is 6.31. The van der Waals surface area contributed by atoms with E-state index in [-0.39, 0.29) is 11.7 Å². The largest absolute Gasteiger partial charge is 0.383 e. The Morgan fingerprint density at radius 3 is 2.26 bits per heavy atom. The standard InChI is InChI=1S/C26H26N6O3/c1-15-2-13-22-24(25(27)28-15)21(14-23(31-22)17-3-4-17)16-5-7-18(8-6-16)29-26(33)30-19-9-11-20(12-10-19)32(34)35/h5-12,14-15,17H,2-4,13H2,1H3,(H2,27,28)(H2,29,30,33). The summed E-state index contributed by atoms with van der Waals surface area (Å²) in [4.78, 5) is 32.3. The average Bonchev–Trinajstić information content (AvgIpc) is 3.69. The fourth-order valence-corrected chi connectivity index (χ4v) is 4.31. The number of anilines is 2. The number of aryl methyl sites for hydroxylation is 1. The van der Waals surface area contributed by atoms with Crippen molar-refractivity contribution in [2.24, 2.45) is 10.7 Å². The predicted octanol–water partition coefficient (Wildman–Crippen LogP) is 5.22. The van der Waals surface area contributed by atoms with Gasteiger partial charge < -0.3 is 16.4 Å². The second kappa shape index (κ2) is 9.17. The molecule has 9 heteroatoms. The summed E-state index contributed by atoms with van der Waals surface area (Å²) in [6, 6.07) is 15.1.